The number of nitrogens with one attached hydrogen (secondary N) is 1. The molecule has 0 radical (unpaired) electrons. The first-order chi connectivity index (χ1) is 14.2. The van der Waals surface area contributed by atoms with Gasteiger partial charge in [-0.3, -0.25) is 4.79 Å². The molecular formula is C22H17NO6. The van der Waals surface area contributed by atoms with Crippen molar-refractivity contribution >= 4 is 17.6 Å². The van der Waals surface area contributed by atoms with E-state index < -0.39 is 18.5 Å². The van der Waals surface area contributed by atoms with Crippen LogP contribution in [0.5, 0.6) is 23.0 Å². The monoisotopic (exact) mass is 391 g/mol. The first kappa shape index (κ1) is 18.4. The van der Waals surface area contributed by atoms with Crippen LogP contribution in [0.3, 0.4) is 0 Å². The van der Waals surface area contributed by atoms with Gasteiger partial charge in [-0.1, -0.05) is 18.2 Å². The number of carbonyl (C=O) groups excluding carboxylic acids is 2. The van der Waals surface area contributed by atoms with E-state index in [2.05, 4.69) is 5.32 Å². The van der Waals surface area contributed by atoms with Crippen molar-refractivity contribution in [3.63, 3.8) is 0 Å². The largest absolute Gasteiger partial charge is 0.457 e. The molecule has 0 bridgehead atoms. The Kier molecular flexibility index (Phi) is 5.29. The zero-order chi connectivity index (χ0) is 20.1. The topological polar surface area (TPSA) is 83.1 Å². The van der Waals surface area contributed by atoms with E-state index in [0.717, 1.165) is 5.75 Å². The molecule has 7 heteroatoms. The molecule has 1 N–H and O–H groups in total. The Labute approximate surface area is 166 Å². The van der Waals surface area contributed by atoms with Crippen molar-refractivity contribution in [1.82, 2.24) is 0 Å². The van der Waals surface area contributed by atoms with Crippen LogP contribution in [0.1, 0.15) is 10.4 Å². The standard InChI is InChI=1S/C22H17NO6/c24-21(13-26-22(25)15-6-11-19-20(12-15)28-14-27-19)23-16-7-9-18(10-8-16)29-17-4-2-1-3-5-17/h1-12H,13-14H2,(H,23,24). The van der Waals surface area contributed by atoms with E-state index in [1.54, 1.807) is 36.4 Å². The molecule has 7 nitrogen and oxygen atoms in total. The summed E-state index contributed by atoms with van der Waals surface area (Å²) >= 11 is 0. The van der Waals surface area contributed by atoms with E-state index in [1.807, 2.05) is 30.3 Å². The van der Waals surface area contributed by atoms with Gasteiger partial charge in [-0.25, -0.2) is 4.79 Å². The molecule has 4 rings (SSSR count). The summed E-state index contributed by atoms with van der Waals surface area (Å²) in [4.78, 5) is 24.2. The Bertz CT molecular complexity index is 1020. The number of anilines is 1. The molecule has 3 aromatic rings. The predicted molar refractivity (Wildman–Crippen MR) is 104 cm³/mol. The molecule has 1 aliphatic heterocycles. The van der Waals surface area contributed by atoms with E-state index in [0.29, 0.717) is 22.9 Å². The van der Waals surface area contributed by atoms with Crippen molar-refractivity contribution in [3.05, 3.63) is 78.4 Å². The summed E-state index contributed by atoms with van der Waals surface area (Å²) in [6, 6.07) is 21.0. The van der Waals surface area contributed by atoms with Crippen molar-refractivity contribution in [3.8, 4) is 23.0 Å². The summed E-state index contributed by atoms with van der Waals surface area (Å²) < 4.78 is 21.2. The van der Waals surface area contributed by atoms with Gasteiger partial charge in [0.05, 0.1) is 5.56 Å². The van der Waals surface area contributed by atoms with Crippen LogP contribution < -0.4 is 19.5 Å². The average Bonchev–Trinajstić information content (AvgIpc) is 3.22. The predicted octanol–water partition coefficient (Wildman–Crippen LogP) is 4.00. The Hall–Kier alpha value is -4.00. The van der Waals surface area contributed by atoms with Crippen LogP contribution in [-0.4, -0.2) is 25.3 Å². The molecular weight excluding hydrogens is 374 g/mol. The van der Waals surface area contributed by atoms with Crippen LogP contribution >= 0.6 is 0 Å². The molecule has 3 aromatic carbocycles. The maximum absolute atomic E-state index is 12.1. The number of ether oxygens (including phenoxy) is 4. The van der Waals surface area contributed by atoms with Crippen LogP contribution in [0.25, 0.3) is 0 Å². The second kappa shape index (κ2) is 8.35. The van der Waals surface area contributed by atoms with Crippen molar-refractivity contribution in [2.24, 2.45) is 0 Å². The molecule has 1 heterocycles. The molecule has 1 amide bonds. The normalized spacial score (nSPS) is 11.6. The Morgan fingerprint density at radius 3 is 2.38 bits per heavy atom. The van der Waals surface area contributed by atoms with Gasteiger partial charge in [-0.05, 0) is 54.6 Å². The average molecular weight is 391 g/mol. The van der Waals surface area contributed by atoms with E-state index in [4.69, 9.17) is 18.9 Å². The maximum Gasteiger partial charge on any atom is 0.338 e. The minimum absolute atomic E-state index is 0.116. The van der Waals surface area contributed by atoms with Gasteiger partial charge >= 0.3 is 5.97 Å². The smallest absolute Gasteiger partial charge is 0.338 e. The molecule has 0 spiro atoms. The fourth-order valence-electron chi connectivity index (χ4n) is 2.67. The van der Waals surface area contributed by atoms with E-state index >= 15 is 0 Å². The van der Waals surface area contributed by atoms with Gasteiger partial charge in [-0.15, -0.1) is 0 Å². The molecule has 0 aromatic heterocycles. The third-order valence-corrected chi connectivity index (χ3v) is 4.06. The third kappa shape index (κ3) is 4.65. The highest BCUT2D eigenvalue weighted by atomic mass is 16.7. The number of rotatable bonds is 6. The molecule has 1 aliphatic rings. The summed E-state index contributed by atoms with van der Waals surface area (Å²) in [6.45, 7) is -0.291. The number of benzene rings is 3. The zero-order valence-corrected chi connectivity index (χ0v) is 15.3. The van der Waals surface area contributed by atoms with Gasteiger partial charge in [0.25, 0.3) is 5.91 Å². The molecule has 0 aliphatic carbocycles. The van der Waals surface area contributed by atoms with Gasteiger partial charge in [0.2, 0.25) is 6.79 Å². The lowest BCUT2D eigenvalue weighted by Gasteiger charge is -2.09. The first-order valence-electron chi connectivity index (χ1n) is 8.87. The summed E-state index contributed by atoms with van der Waals surface area (Å²) in [7, 11) is 0. The van der Waals surface area contributed by atoms with Crippen LogP contribution in [0.15, 0.2) is 72.8 Å². The Morgan fingerprint density at radius 2 is 1.59 bits per heavy atom. The van der Waals surface area contributed by atoms with Crippen LogP contribution in [0, 0.1) is 0 Å². The highest BCUT2D eigenvalue weighted by Crippen LogP contribution is 2.32. The highest BCUT2D eigenvalue weighted by molar-refractivity contribution is 5.95. The van der Waals surface area contributed by atoms with Gasteiger partial charge in [0.15, 0.2) is 18.1 Å². The summed E-state index contributed by atoms with van der Waals surface area (Å²) in [5.74, 6) is 1.34. The Balaban J connectivity index is 1.27. The quantitative estimate of drug-likeness (QED) is 0.640. The molecule has 146 valence electrons. The number of para-hydroxylation sites is 1. The minimum atomic E-state index is -0.620. The van der Waals surface area contributed by atoms with E-state index in [9.17, 15) is 9.59 Å². The van der Waals surface area contributed by atoms with Crippen molar-refractivity contribution in [2.75, 3.05) is 18.7 Å². The van der Waals surface area contributed by atoms with Crippen LogP contribution in [0.2, 0.25) is 0 Å². The lowest BCUT2D eigenvalue weighted by molar-refractivity contribution is -0.119. The number of amides is 1. The van der Waals surface area contributed by atoms with Crippen molar-refractivity contribution < 1.29 is 28.5 Å². The van der Waals surface area contributed by atoms with E-state index in [-0.39, 0.29) is 12.4 Å². The second-order valence-electron chi connectivity index (χ2n) is 6.13. The van der Waals surface area contributed by atoms with Gasteiger partial charge < -0.3 is 24.3 Å². The Morgan fingerprint density at radius 1 is 0.862 bits per heavy atom. The molecule has 0 unspecified atom stereocenters. The first-order valence-corrected chi connectivity index (χ1v) is 8.87. The summed E-state index contributed by atoms with van der Waals surface area (Å²) in [5.41, 5.74) is 0.846. The number of carbonyl (C=O) groups is 2. The zero-order valence-electron chi connectivity index (χ0n) is 15.3. The fourth-order valence-corrected chi connectivity index (χ4v) is 2.67. The van der Waals surface area contributed by atoms with Gasteiger partial charge in [-0.2, -0.15) is 0 Å². The molecule has 0 saturated carbocycles. The van der Waals surface area contributed by atoms with Crippen LogP contribution in [-0.2, 0) is 9.53 Å². The number of fused-ring (bicyclic) bond motifs is 1. The SMILES string of the molecule is O=C(COC(=O)c1ccc2c(c1)OCO2)Nc1ccc(Oc2ccccc2)cc1. The molecule has 0 fully saturated rings. The number of esters is 1. The highest BCUT2D eigenvalue weighted by Gasteiger charge is 2.17. The number of hydrogen-bond donors (Lipinski definition) is 1. The maximum atomic E-state index is 12.1. The van der Waals surface area contributed by atoms with Crippen LogP contribution in [0.4, 0.5) is 5.69 Å². The number of hydrogen-bond acceptors (Lipinski definition) is 6. The molecule has 0 atom stereocenters. The molecule has 0 saturated heterocycles. The third-order valence-electron chi connectivity index (χ3n) is 4.06. The van der Waals surface area contributed by atoms with Crippen molar-refractivity contribution in [2.45, 2.75) is 0 Å². The summed E-state index contributed by atoms with van der Waals surface area (Å²) in [5, 5.41) is 2.67. The minimum Gasteiger partial charge on any atom is -0.457 e. The lowest BCUT2D eigenvalue weighted by Crippen LogP contribution is -2.20. The molecule has 29 heavy (non-hydrogen) atoms. The lowest BCUT2D eigenvalue weighted by atomic mass is 10.2. The van der Waals surface area contributed by atoms with E-state index in [1.165, 1.54) is 6.07 Å². The second-order valence-corrected chi connectivity index (χ2v) is 6.13. The van der Waals surface area contributed by atoms with Gasteiger partial charge in [0.1, 0.15) is 11.5 Å². The van der Waals surface area contributed by atoms with Gasteiger partial charge in [0, 0.05) is 5.69 Å². The summed E-state index contributed by atoms with van der Waals surface area (Å²) in [6.07, 6.45) is 0. The fraction of sp³-hybridized carbons (Fsp3) is 0.0909. The van der Waals surface area contributed by atoms with Crippen molar-refractivity contribution in [1.29, 1.82) is 0 Å².